The van der Waals surface area contributed by atoms with Gasteiger partial charge in [-0.3, -0.25) is 4.79 Å². The first kappa shape index (κ1) is 14.4. The van der Waals surface area contributed by atoms with Crippen molar-refractivity contribution < 1.29 is 9.28 Å². The minimum Gasteiger partial charge on any atom is -0.356 e. The van der Waals surface area contributed by atoms with Crippen LogP contribution in [0.25, 0.3) is 0 Å². The number of carbonyl (C=O) groups excluding carboxylic acids is 1. The Balaban J connectivity index is 3.63. The summed E-state index contributed by atoms with van der Waals surface area (Å²) in [5.41, 5.74) is 0. The molecular weight excluding hydrogens is 188 g/mol. The summed E-state index contributed by atoms with van der Waals surface area (Å²) >= 11 is 0. The highest BCUT2D eigenvalue weighted by Crippen LogP contribution is 2.06. The highest BCUT2D eigenvalue weighted by molar-refractivity contribution is 5.78. The summed E-state index contributed by atoms with van der Waals surface area (Å²) in [6.07, 6.45) is 2.94. The quantitative estimate of drug-likeness (QED) is 0.507. The number of rotatable bonds is 7. The van der Waals surface area contributed by atoms with Gasteiger partial charge in [0.25, 0.3) is 0 Å². The second-order valence-electron chi connectivity index (χ2n) is 5.17. The van der Waals surface area contributed by atoms with E-state index in [1.165, 1.54) is 0 Å². The van der Waals surface area contributed by atoms with Crippen LogP contribution in [0.15, 0.2) is 0 Å². The number of hydrogen-bond donors (Lipinski definition) is 1. The molecule has 0 radical (unpaired) electrons. The summed E-state index contributed by atoms with van der Waals surface area (Å²) in [7, 11) is 6.51. The lowest BCUT2D eigenvalue weighted by molar-refractivity contribution is -0.870. The molecule has 3 nitrogen and oxygen atoms in total. The van der Waals surface area contributed by atoms with E-state index in [0.29, 0.717) is 0 Å². The van der Waals surface area contributed by atoms with Crippen molar-refractivity contribution in [3.8, 4) is 0 Å². The Bertz CT molecular complexity index is 181. The third-order valence-electron chi connectivity index (χ3n) is 2.66. The lowest BCUT2D eigenvalue weighted by Crippen LogP contribution is -2.38. The maximum Gasteiger partial charge on any atom is 0.223 e. The van der Waals surface area contributed by atoms with E-state index in [1.54, 1.807) is 0 Å². The van der Waals surface area contributed by atoms with Crippen molar-refractivity contribution in [3.63, 3.8) is 0 Å². The Labute approximate surface area is 94.4 Å². The second kappa shape index (κ2) is 6.83. The van der Waals surface area contributed by atoms with E-state index in [9.17, 15) is 4.79 Å². The molecule has 0 bridgehead atoms. The Morgan fingerprint density at radius 1 is 1.20 bits per heavy atom. The van der Waals surface area contributed by atoms with Crippen molar-refractivity contribution in [2.75, 3.05) is 34.2 Å². The molecule has 0 aromatic carbocycles. The molecule has 0 aliphatic rings. The molecule has 3 heteroatoms. The first-order valence-electron chi connectivity index (χ1n) is 5.98. The average Bonchev–Trinajstić information content (AvgIpc) is 2.13. The Hall–Kier alpha value is -0.570. The van der Waals surface area contributed by atoms with Gasteiger partial charge in [0.2, 0.25) is 5.91 Å². The number of carbonyl (C=O) groups is 1. The van der Waals surface area contributed by atoms with Crippen LogP contribution in [0.2, 0.25) is 0 Å². The molecule has 0 fully saturated rings. The fourth-order valence-corrected chi connectivity index (χ4v) is 1.57. The van der Waals surface area contributed by atoms with Gasteiger partial charge in [-0.1, -0.05) is 13.8 Å². The predicted octanol–water partition coefficient (Wildman–Crippen LogP) is 1.64. The molecule has 0 aliphatic heterocycles. The van der Waals surface area contributed by atoms with Gasteiger partial charge in [0, 0.05) is 18.9 Å². The van der Waals surface area contributed by atoms with E-state index >= 15 is 0 Å². The molecule has 0 unspecified atom stereocenters. The second-order valence-corrected chi connectivity index (χ2v) is 5.17. The molecule has 0 aromatic rings. The van der Waals surface area contributed by atoms with Gasteiger partial charge in [0.05, 0.1) is 27.7 Å². The van der Waals surface area contributed by atoms with Crippen LogP contribution in [-0.4, -0.2) is 44.6 Å². The summed E-state index contributed by atoms with van der Waals surface area (Å²) in [5, 5.41) is 3.01. The van der Waals surface area contributed by atoms with Gasteiger partial charge in [-0.25, -0.2) is 0 Å². The fraction of sp³-hybridized carbons (Fsp3) is 0.917. The Morgan fingerprint density at radius 2 is 1.73 bits per heavy atom. The molecule has 1 N–H and O–H groups in total. The van der Waals surface area contributed by atoms with Crippen LogP contribution < -0.4 is 5.32 Å². The molecule has 0 atom stereocenters. The highest BCUT2D eigenvalue weighted by Gasteiger charge is 2.13. The van der Waals surface area contributed by atoms with Crippen LogP contribution >= 0.6 is 0 Å². The minimum atomic E-state index is 0.203. The van der Waals surface area contributed by atoms with E-state index in [0.717, 1.165) is 36.8 Å². The van der Waals surface area contributed by atoms with Gasteiger partial charge in [-0.05, 0) is 12.8 Å². The van der Waals surface area contributed by atoms with Gasteiger partial charge < -0.3 is 9.80 Å². The molecule has 0 heterocycles. The maximum atomic E-state index is 11.6. The standard InChI is InChI=1S/C12H26N2O/c1-6-11(7-2)12(15)13-9-8-10-14(3,4)5/h11H,6-10H2,1-5H3/p+1. The SMILES string of the molecule is CCC(CC)C(=O)NCCC[N+](C)(C)C. The monoisotopic (exact) mass is 215 g/mol. The zero-order valence-electron chi connectivity index (χ0n) is 11.0. The fourth-order valence-electron chi connectivity index (χ4n) is 1.57. The average molecular weight is 215 g/mol. The summed E-state index contributed by atoms with van der Waals surface area (Å²) in [5.74, 6) is 0.426. The van der Waals surface area contributed by atoms with Crippen LogP contribution in [0.3, 0.4) is 0 Å². The molecule has 0 aromatic heterocycles. The molecule has 15 heavy (non-hydrogen) atoms. The van der Waals surface area contributed by atoms with Gasteiger partial charge in [0.15, 0.2) is 0 Å². The number of nitrogens with one attached hydrogen (secondary N) is 1. The summed E-state index contributed by atoms with van der Waals surface area (Å²) in [6, 6.07) is 0. The zero-order chi connectivity index (χ0) is 11.9. The number of nitrogens with zero attached hydrogens (tertiary/aromatic N) is 1. The van der Waals surface area contributed by atoms with Crippen molar-refractivity contribution in [2.45, 2.75) is 33.1 Å². The molecule has 0 saturated heterocycles. The zero-order valence-corrected chi connectivity index (χ0v) is 11.0. The molecule has 0 rings (SSSR count). The maximum absolute atomic E-state index is 11.6. The van der Waals surface area contributed by atoms with Crippen molar-refractivity contribution in [2.24, 2.45) is 5.92 Å². The lowest BCUT2D eigenvalue weighted by Gasteiger charge is -2.24. The summed E-state index contributed by atoms with van der Waals surface area (Å²) in [4.78, 5) is 11.6. The van der Waals surface area contributed by atoms with E-state index in [2.05, 4.69) is 40.3 Å². The van der Waals surface area contributed by atoms with Crippen molar-refractivity contribution in [3.05, 3.63) is 0 Å². The molecule has 0 spiro atoms. The minimum absolute atomic E-state index is 0.203. The van der Waals surface area contributed by atoms with Crippen LogP contribution in [0.1, 0.15) is 33.1 Å². The Kier molecular flexibility index (Phi) is 6.57. The van der Waals surface area contributed by atoms with Crippen molar-refractivity contribution >= 4 is 5.91 Å². The van der Waals surface area contributed by atoms with E-state index in [4.69, 9.17) is 0 Å². The van der Waals surface area contributed by atoms with E-state index in [1.807, 2.05) is 0 Å². The summed E-state index contributed by atoms with van der Waals surface area (Å²) < 4.78 is 0.959. The van der Waals surface area contributed by atoms with Gasteiger partial charge in [0.1, 0.15) is 0 Å². The largest absolute Gasteiger partial charge is 0.356 e. The van der Waals surface area contributed by atoms with Crippen LogP contribution in [0, 0.1) is 5.92 Å². The summed E-state index contributed by atoms with van der Waals surface area (Å²) in [6.45, 7) is 6.05. The van der Waals surface area contributed by atoms with E-state index in [-0.39, 0.29) is 11.8 Å². The number of amides is 1. The molecule has 0 aliphatic carbocycles. The first-order chi connectivity index (χ1) is 6.90. The molecule has 0 saturated carbocycles. The Morgan fingerprint density at radius 3 is 2.13 bits per heavy atom. The van der Waals surface area contributed by atoms with Crippen LogP contribution in [0.5, 0.6) is 0 Å². The van der Waals surface area contributed by atoms with Crippen LogP contribution in [-0.2, 0) is 4.79 Å². The van der Waals surface area contributed by atoms with Crippen molar-refractivity contribution in [1.29, 1.82) is 0 Å². The number of quaternary nitrogens is 1. The first-order valence-corrected chi connectivity index (χ1v) is 5.98. The third kappa shape index (κ3) is 7.37. The van der Waals surface area contributed by atoms with Gasteiger partial charge in [-0.2, -0.15) is 0 Å². The van der Waals surface area contributed by atoms with Crippen LogP contribution in [0.4, 0.5) is 0 Å². The lowest BCUT2D eigenvalue weighted by atomic mass is 10.0. The molecular formula is C12H27N2O+. The topological polar surface area (TPSA) is 29.1 Å². The van der Waals surface area contributed by atoms with Gasteiger partial charge >= 0.3 is 0 Å². The normalized spacial score (nSPS) is 11.9. The molecule has 90 valence electrons. The smallest absolute Gasteiger partial charge is 0.223 e. The highest BCUT2D eigenvalue weighted by atomic mass is 16.1. The van der Waals surface area contributed by atoms with E-state index < -0.39 is 0 Å². The predicted molar refractivity (Wildman–Crippen MR) is 64.6 cm³/mol. The van der Waals surface area contributed by atoms with Gasteiger partial charge in [-0.15, -0.1) is 0 Å². The number of hydrogen-bond acceptors (Lipinski definition) is 1. The molecule has 1 amide bonds. The third-order valence-corrected chi connectivity index (χ3v) is 2.66. The van der Waals surface area contributed by atoms with Crippen molar-refractivity contribution in [1.82, 2.24) is 5.32 Å².